The molecule has 1 aliphatic heterocycles. The van der Waals surface area contributed by atoms with Crippen molar-refractivity contribution in [1.29, 1.82) is 0 Å². The van der Waals surface area contributed by atoms with Gasteiger partial charge in [-0.25, -0.2) is 4.39 Å². The number of carbonyl (C=O) groups is 1. The number of guanidine groups is 1. The Morgan fingerprint density at radius 1 is 1.36 bits per heavy atom. The first-order valence-electron chi connectivity index (χ1n) is 9.71. The van der Waals surface area contributed by atoms with Crippen molar-refractivity contribution in [3.05, 3.63) is 30.1 Å². The molecule has 0 spiro atoms. The minimum absolute atomic E-state index is 0. The van der Waals surface area contributed by atoms with Gasteiger partial charge in [-0.05, 0) is 37.6 Å². The van der Waals surface area contributed by atoms with Crippen molar-refractivity contribution < 1.29 is 13.9 Å². The van der Waals surface area contributed by atoms with Gasteiger partial charge in [-0.3, -0.25) is 9.79 Å². The molecule has 2 rings (SSSR count). The first-order chi connectivity index (χ1) is 13.0. The Morgan fingerprint density at radius 3 is 2.71 bits per heavy atom. The fraction of sp³-hybridized carbons (Fsp3) is 0.600. The van der Waals surface area contributed by atoms with Crippen molar-refractivity contribution in [2.75, 3.05) is 32.8 Å². The van der Waals surface area contributed by atoms with Gasteiger partial charge >= 0.3 is 0 Å². The molecule has 1 aromatic rings. The monoisotopic (exact) mass is 506 g/mol. The normalized spacial score (nSPS) is 16.7. The SMILES string of the molecule is CCNC(=NCCCOc1ccc(F)cc1)NC1CCN(C(=O)C(C)C)C1.I. The molecule has 1 aliphatic rings. The number of rotatable bonds is 8. The Hall–Kier alpha value is -1.58. The minimum Gasteiger partial charge on any atom is -0.494 e. The van der Waals surface area contributed by atoms with Gasteiger partial charge in [0.2, 0.25) is 5.91 Å². The number of likely N-dealkylation sites (tertiary alicyclic amines) is 1. The molecular formula is C20H32FIN4O2. The molecule has 0 aliphatic carbocycles. The molecule has 0 radical (unpaired) electrons. The number of hydrogen-bond donors (Lipinski definition) is 2. The zero-order valence-electron chi connectivity index (χ0n) is 16.9. The Kier molecular flexibility index (Phi) is 11.2. The maximum Gasteiger partial charge on any atom is 0.225 e. The second-order valence-corrected chi connectivity index (χ2v) is 6.99. The summed E-state index contributed by atoms with van der Waals surface area (Å²) >= 11 is 0. The van der Waals surface area contributed by atoms with Crippen molar-refractivity contribution in [2.45, 2.75) is 39.7 Å². The molecule has 1 amide bonds. The quantitative estimate of drug-likeness (QED) is 0.246. The molecule has 1 aromatic carbocycles. The lowest BCUT2D eigenvalue weighted by Gasteiger charge is -2.20. The van der Waals surface area contributed by atoms with Crippen LogP contribution in [0.3, 0.4) is 0 Å². The van der Waals surface area contributed by atoms with E-state index in [4.69, 9.17) is 4.74 Å². The van der Waals surface area contributed by atoms with E-state index < -0.39 is 0 Å². The second kappa shape index (κ2) is 12.8. The van der Waals surface area contributed by atoms with Crippen LogP contribution in [0.15, 0.2) is 29.3 Å². The third-order valence-electron chi connectivity index (χ3n) is 4.33. The van der Waals surface area contributed by atoms with Crippen LogP contribution in [-0.4, -0.2) is 55.6 Å². The number of amides is 1. The molecule has 1 fully saturated rings. The van der Waals surface area contributed by atoms with Crippen LogP contribution in [0.5, 0.6) is 5.75 Å². The van der Waals surface area contributed by atoms with E-state index in [0.717, 1.165) is 38.4 Å². The Labute approximate surface area is 184 Å². The Bertz CT molecular complexity index is 625. The lowest BCUT2D eigenvalue weighted by Crippen LogP contribution is -2.45. The molecule has 0 saturated carbocycles. The number of carbonyl (C=O) groups excluding carboxylic acids is 1. The molecule has 0 bridgehead atoms. The molecule has 28 heavy (non-hydrogen) atoms. The van der Waals surface area contributed by atoms with Crippen LogP contribution < -0.4 is 15.4 Å². The van der Waals surface area contributed by atoms with E-state index in [-0.39, 0.29) is 47.7 Å². The predicted molar refractivity (Wildman–Crippen MR) is 121 cm³/mol. The van der Waals surface area contributed by atoms with Gasteiger partial charge in [0.1, 0.15) is 11.6 Å². The average Bonchev–Trinajstić information content (AvgIpc) is 3.10. The van der Waals surface area contributed by atoms with Crippen LogP contribution in [0.25, 0.3) is 0 Å². The zero-order valence-corrected chi connectivity index (χ0v) is 19.2. The van der Waals surface area contributed by atoms with Crippen LogP contribution in [-0.2, 0) is 4.79 Å². The summed E-state index contributed by atoms with van der Waals surface area (Å²) in [5.74, 6) is 1.40. The summed E-state index contributed by atoms with van der Waals surface area (Å²) in [7, 11) is 0. The van der Waals surface area contributed by atoms with Crippen LogP contribution in [0.2, 0.25) is 0 Å². The van der Waals surface area contributed by atoms with Gasteiger partial charge in [0.15, 0.2) is 5.96 Å². The fourth-order valence-electron chi connectivity index (χ4n) is 2.93. The van der Waals surface area contributed by atoms with Crippen LogP contribution in [0, 0.1) is 11.7 Å². The van der Waals surface area contributed by atoms with Gasteiger partial charge in [-0.15, -0.1) is 24.0 Å². The van der Waals surface area contributed by atoms with E-state index in [1.807, 2.05) is 25.7 Å². The highest BCUT2D eigenvalue weighted by Crippen LogP contribution is 2.13. The number of hydrogen-bond acceptors (Lipinski definition) is 3. The van der Waals surface area contributed by atoms with E-state index in [9.17, 15) is 9.18 Å². The summed E-state index contributed by atoms with van der Waals surface area (Å²) in [4.78, 5) is 18.6. The van der Waals surface area contributed by atoms with Crippen molar-refractivity contribution in [3.63, 3.8) is 0 Å². The first kappa shape index (κ1) is 24.5. The molecule has 1 heterocycles. The summed E-state index contributed by atoms with van der Waals surface area (Å²) in [5, 5.41) is 6.66. The molecule has 2 N–H and O–H groups in total. The van der Waals surface area contributed by atoms with E-state index in [0.29, 0.717) is 18.9 Å². The first-order valence-corrected chi connectivity index (χ1v) is 9.71. The van der Waals surface area contributed by atoms with Gasteiger partial charge in [0.25, 0.3) is 0 Å². The molecule has 0 aromatic heterocycles. The maximum atomic E-state index is 12.9. The third kappa shape index (κ3) is 8.20. The van der Waals surface area contributed by atoms with Gasteiger partial charge in [-0.2, -0.15) is 0 Å². The van der Waals surface area contributed by atoms with Crippen molar-refractivity contribution in [2.24, 2.45) is 10.9 Å². The smallest absolute Gasteiger partial charge is 0.225 e. The van der Waals surface area contributed by atoms with Crippen LogP contribution >= 0.6 is 24.0 Å². The summed E-state index contributed by atoms with van der Waals surface area (Å²) in [6.45, 7) is 9.32. The average molecular weight is 506 g/mol. The van der Waals surface area contributed by atoms with Gasteiger partial charge in [0.05, 0.1) is 6.61 Å². The number of nitrogens with zero attached hydrogens (tertiary/aromatic N) is 2. The lowest BCUT2D eigenvalue weighted by atomic mass is 10.2. The summed E-state index contributed by atoms with van der Waals surface area (Å²) < 4.78 is 18.4. The Morgan fingerprint density at radius 2 is 2.07 bits per heavy atom. The molecule has 6 nitrogen and oxygen atoms in total. The predicted octanol–water partition coefficient (Wildman–Crippen LogP) is 3.02. The zero-order chi connectivity index (χ0) is 19.6. The number of benzene rings is 1. The number of aliphatic imine (C=N–C) groups is 1. The maximum absolute atomic E-state index is 12.9. The highest BCUT2D eigenvalue weighted by Gasteiger charge is 2.27. The number of ether oxygens (including phenoxy) is 1. The number of nitrogens with one attached hydrogen (secondary N) is 2. The van der Waals surface area contributed by atoms with E-state index in [1.165, 1.54) is 12.1 Å². The van der Waals surface area contributed by atoms with Crippen molar-refractivity contribution in [3.8, 4) is 5.75 Å². The third-order valence-corrected chi connectivity index (χ3v) is 4.33. The van der Waals surface area contributed by atoms with Crippen LogP contribution in [0.1, 0.15) is 33.6 Å². The Balaban J connectivity index is 0.00000392. The minimum atomic E-state index is -0.270. The van der Waals surface area contributed by atoms with E-state index in [1.54, 1.807) is 12.1 Å². The lowest BCUT2D eigenvalue weighted by molar-refractivity contribution is -0.133. The molecule has 1 saturated heterocycles. The van der Waals surface area contributed by atoms with Gasteiger partial charge in [-0.1, -0.05) is 13.8 Å². The highest BCUT2D eigenvalue weighted by atomic mass is 127. The van der Waals surface area contributed by atoms with Gasteiger partial charge in [0, 0.05) is 44.6 Å². The fourth-order valence-corrected chi connectivity index (χ4v) is 2.93. The number of halogens is 2. The molecule has 1 atom stereocenters. The molecule has 158 valence electrons. The molecular weight excluding hydrogens is 474 g/mol. The summed E-state index contributed by atoms with van der Waals surface area (Å²) in [6.07, 6.45) is 1.69. The second-order valence-electron chi connectivity index (χ2n) is 6.99. The van der Waals surface area contributed by atoms with Crippen molar-refractivity contribution in [1.82, 2.24) is 15.5 Å². The summed E-state index contributed by atoms with van der Waals surface area (Å²) in [6, 6.07) is 6.23. The molecule has 8 heteroatoms. The summed E-state index contributed by atoms with van der Waals surface area (Å²) in [5.41, 5.74) is 0. The molecule has 1 unspecified atom stereocenters. The van der Waals surface area contributed by atoms with Crippen molar-refractivity contribution >= 4 is 35.8 Å². The van der Waals surface area contributed by atoms with Crippen LogP contribution in [0.4, 0.5) is 4.39 Å². The standard InChI is InChI=1S/C20H31FN4O2.HI/c1-4-22-20(24-17-10-12-25(14-17)19(26)15(2)3)23-11-5-13-27-18-8-6-16(21)7-9-18;/h6-9,15,17H,4-5,10-14H2,1-3H3,(H2,22,23,24);1H. The topological polar surface area (TPSA) is 66.0 Å². The van der Waals surface area contributed by atoms with E-state index >= 15 is 0 Å². The van der Waals surface area contributed by atoms with E-state index in [2.05, 4.69) is 15.6 Å². The largest absolute Gasteiger partial charge is 0.494 e. The van der Waals surface area contributed by atoms with Gasteiger partial charge < -0.3 is 20.3 Å². The highest BCUT2D eigenvalue weighted by molar-refractivity contribution is 14.0.